The molecule has 0 aromatic heterocycles. The molecule has 4 nitrogen and oxygen atoms in total. The molecule has 1 aliphatic heterocycles. The van der Waals surface area contributed by atoms with E-state index in [0.717, 1.165) is 63.0 Å². The molecular weight excluding hydrogens is 457 g/mol. The van der Waals surface area contributed by atoms with E-state index in [1.807, 2.05) is 32.4 Å². The third-order valence-corrected chi connectivity index (χ3v) is 10.9. The molecule has 1 saturated heterocycles. The smallest absolute Gasteiger partial charge is 0.306 e. The molecule has 0 bridgehead atoms. The predicted octanol–water partition coefficient (Wildman–Crippen LogP) is 7.06. The van der Waals surface area contributed by atoms with Crippen LogP contribution in [-0.4, -0.2) is 46.7 Å². The fourth-order valence-electron chi connectivity index (χ4n) is 3.88. The van der Waals surface area contributed by atoms with Gasteiger partial charge >= 0.3 is 11.9 Å². The van der Waals surface area contributed by atoms with Crippen molar-refractivity contribution in [3.63, 3.8) is 0 Å². The van der Waals surface area contributed by atoms with Crippen molar-refractivity contribution in [3.8, 4) is 0 Å². The van der Waals surface area contributed by atoms with Crippen molar-refractivity contribution in [2.75, 3.05) is 12.0 Å². The van der Waals surface area contributed by atoms with E-state index in [4.69, 9.17) is 9.47 Å². The number of rotatable bonds is 14. The molecule has 2 unspecified atom stereocenters. The van der Waals surface area contributed by atoms with Gasteiger partial charge in [0.1, 0.15) is 12.2 Å². The highest BCUT2D eigenvalue weighted by atomic mass is 33.1. The van der Waals surface area contributed by atoms with Crippen LogP contribution in [0.4, 0.5) is 0 Å². The summed E-state index contributed by atoms with van der Waals surface area (Å²) in [5.41, 5.74) is 0. The molecule has 0 aromatic carbocycles. The number of unbranched alkanes of at least 4 members (excludes halogenated alkanes) is 2. The van der Waals surface area contributed by atoms with Crippen molar-refractivity contribution in [2.45, 2.75) is 113 Å². The first-order valence-electron chi connectivity index (χ1n) is 11.4. The Morgan fingerprint density at radius 1 is 0.933 bits per heavy atom. The van der Waals surface area contributed by atoms with Gasteiger partial charge in [-0.25, -0.2) is 0 Å². The quantitative estimate of drug-likeness (QED) is 0.144. The Morgan fingerprint density at radius 2 is 1.53 bits per heavy atom. The second-order valence-electron chi connectivity index (χ2n) is 8.27. The van der Waals surface area contributed by atoms with E-state index in [-0.39, 0.29) is 24.1 Å². The van der Waals surface area contributed by atoms with E-state index >= 15 is 0 Å². The molecule has 8 heteroatoms. The van der Waals surface area contributed by atoms with Gasteiger partial charge in [0.15, 0.2) is 0 Å². The second-order valence-corrected chi connectivity index (χ2v) is 14.0. The van der Waals surface area contributed by atoms with Crippen LogP contribution in [0, 0.1) is 0 Å². The number of carbonyl (C=O) groups excluding carboxylic acids is 2. The van der Waals surface area contributed by atoms with Crippen molar-refractivity contribution in [1.82, 2.24) is 0 Å². The van der Waals surface area contributed by atoms with E-state index < -0.39 is 0 Å². The van der Waals surface area contributed by atoms with Crippen LogP contribution in [0.25, 0.3) is 0 Å². The number of carbonyl (C=O) groups is 2. The Hall–Kier alpha value is 0.340. The standard InChI is InChI=1S/C22H38O4S4/c1-17(29-27-2)7-3-5-9-21(23)25-18-11-13-19(14-12-18)26-22(24)10-6-4-8-20-15-16-28-30-20/h17-20H,3-16H2,1-2H3. The number of esters is 2. The van der Waals surface area contributed by atoms with E-state index in [9.17, 15) is 9.59 Å². The van der Waals surface area contributed by atoms with Gasteiger partial charge in [0.25, 0.3) is 0 Å². The average molecular weight is 495 g/mol. The Kier molecular flexibility index (Phi) is 14.2. The zero-order valence-corrected chi connectivity index (χ0v) is 21.7. The molecule has 0 radical (unpaired) electrons. The molecule has 2 rings (SSSR count). The summed E-state index contributed by atoms with van der Waals surface area (Å²) in [5, 5.41) is 1.42. The summed E-state index contributed by atoms with van der Waals surface area (Å²) in [5.74, 6) is 1.14. The third-order valence-electron chi connectivity index (χ3n) is 5.60. The summed E-state index contributed by atoms with van der Waals surface area (Å²) in [7, 11) is 7.68. The van der Waals surface area contributed by atoms with Crippen LogP contribution in [0.15, 0.2) is 0 Å². The molecule has 0 spiro atoms. The van der Waals surface area contributed by atoms with E-state index in [0.29, 0.717) is 18.1 Å². The zero-order chi connectivity index (χ0) is 21.6. The molecule has 0 aromatic rings. The average Bonchev–Trinajstić information content (AvgIpc) is 3.24. The molecule has 0 N–H and O–H groups in total. The lowest BCUT2D eigenvalue weighted by molar-refractivity contribution is -0.158. The number of hydrogen-bond acceptors (Lipinski definition) is 8. The van der Waals surface area contributed by atoms with Crippen LogP contribution in [0.5, 0.6) is 0 Å². The zero-order valence-electron chi connectivity index (χ0n) is 18.5. The van der Waals surface area contributed by atoms with Gasteiger partial charge in [0, 0.05) is 29.1 Å². The van der Waals surface area contributed by atoms with Gasteiger partial charge in [-0.05, 0) is 64.0 Å². The van der Waals surface area contributed by atoms with Crippen LogP contribution in [0.3, 0.4) is 0 Å². The van der Waals surface area contributed by atoms with Gasteiger partial charge in [0.2, 0.25) is 0 Å². The molecule has 30 heavy (non-hydrogen) atoms. The summed E-state index contributed by atoms with van der Waals surface area (Å²) in [6.07, 6.45) is 14.1. The fourth-order valence-corrected chi connectivity index (χ4v) is 8.77. The first kappa shape index (κ1) is 26.6. The third kappa shape index (κ3) is 11.8. The van der Waals surface area contributed by atoms with Crippen molar-refractivity contribution in [2.24, 2.45) is 0 Å². The molecule has 2 atom stereocenters. The summed E-state index contributed by atoms with van der Waals surface area (Å²) in [4.78, 5) is 24.1. The van der Waals surface area contributed by atoms with Gasteiger partial charge < -0.3 is 9.47 Å². The summed E-state index contributed by atoms with van der Waals surface area (Å²) in [6.45, 7) is 2.24. The number of hydrogen-bond donors (Lipinski definition) is 0. The molecule has 174 valence electrons. The minimum atomic E-state index is -0.0700. The molecule has 2 aliphatic rings. The molecule has 0 amide bonds. The predicted molar refractivity (Wildman–Crippen MR) is 134 cm³/mol. The van der Waals surface area contributed by atoms with Crippen LogP contribution in [0.2, 0.25) is 0 Å². The highest BCUT2D eigenvalue weighted by Crippen LogP contribution is 2.40. The summed E-state index contributed by atoms with van der Waals surface area (Å²) >= 11 is 0. The Labute approximate surface area is 198 Å². The van der Waals surface area contributed by atoms with Crippen molar-refractivity contribution < 1.29 is 19.1 Å². The normalized spacial score (nSPS) is 25.1. The maximum atomic E-state index is 12.1. The van der Waals surface area contributed by atoms with Gasteiger partial charge in [-0.2, -0.15) is 0 Å². The second kappa shape index (κ2) is 16.0. The monoisotopic (exact) mass is 494 g/mol. The van der Waals surface area contributed by atoms with E-state index in [2.05, 4.69) is 13.2 Å². The first-order valence-corrected chi connectivity index (χ1v) is 16.4. The van der Waals surface area contributed by atoms with Gasteiger partial charge in [-0.3, -0.25) is 9.59 Å². The molecule has 1 aliphatic carbocycles. The minimum absolute atomic E-state index is 0.000189. The van der Waals surface area contributed by atoms with Crippen molar-refractivity contribution >= 4 is 55.1 Å². The van der Waals surface area contributed by atoms with Crippen LogP contribution in [0.1, 0.15) is 90.4 Å². The van der Waals surface area contributed by atoms with Gasteiger partial charge in [0.05, 0.1) is 0 Å². The summed E-state index contributed by atoms with van der Waals surface area (Å²) in [6, 6.07) is 0. The maximum Gasteiger partial charge on any atom is 0.306 e. The molecule has 1 heterocycles. The van der Waals surface area contributed by atoms with Crippen LogP contribution < -0.4 is 0 Å². The molecule has 1 saturated carbocycles. The molecular formula is C22H38O4S4. The SMILES string of the molecule is CSSC(C)CCCCC(=O)OC1CCC(OC(=O)CCCCC2CCSS2)CC1. The highest BCUT2D eigenvalue weighted by Gasteiger charge is 2.26. The fraction of sp³-hybridized carbons (Fsp3) is 0.909. The Bertz CT molecular complexity index is 492. The van der Waals surface area contributed by atoms with E-state index in [1.54, 1.807) is 10.8 Å². The lowest BCUT2D eigenvalue weighted by Gasteiger charge is -2.28. The minimum Gasteiger partial charge on any atom is -0.462 e. The van der Waals surface area contributed by atoms with E-state index in [1.165, 1.54) is 18.6 Å². The Morgan fingerprint density at radius 3 is 2.07 bits per heavy atom. The lowest BCUT2D eigenvalue weighted by Crippen LogP contribution is -2.29. The largest absolute Gasteiger partial charge is 0.462 e. The van der Waals surface area contributed by atoms with Crippen molar-refractivity contribution in [1.29, 1.82) is 0 Å². The number of ether oxygens (including phenoxy) is 2. The Balaban J connectivity index is 1.46. The highest BCUT2D eigenvalue weighted by molar-refractivity contribution is 8.77. The van der Waals surface area contributed by atoms with Crippen molar-refractivity contribution in [3.05, 3.63) is 0 Å². The van der Waals surface area contributed by atoms with Crippen LogP contribution in [-0.2, 0) is 19.1 Å². The summed E-state index contributed by atoms with van der Waals surface area (Å²) < 4.78 is 11.3. The van der Waals surface area contributed by atoms with Crippen LogP contribution >= 0.6 is 43.2 Å². The first-order chi connectivity index (χ1) is 14.6. The van der Waals surface area contributed by atoms with Gasteiger partial charge in [-0.15, -0.1) is 0 Å². The topological polar surface area (TPSA) is 52.6 Å². The molecule has 2 fully saturated rings. The van der Waals surface area contributed by atoms with Gasteiger partial charge in [-0.1, -0.05) is 62.9 Å². The lowest BCUT2D eigenvalue weighted by atomic mass is 9.95. The maximum absolute atomic E-state index is 12.1.